The third-order valence-corrected chi connectivity index (χ3v) is 6.09. The molecule has 0 aliphatic carbocycles. The van der Waals surface area contributed by atoms with Crippen LogP contribution in [0.1, 0.15) is 22.5 Å². The predicted molar refractivity (Wildman–Crippen MR) is 129 cm³/mol. The van der Waals surface area contributed by atoms with Crippen molar-refractivity contribution in [2.24, 2.45) is 0 Å². The summed E-state index contributed by atoms with van der Waals surface area (Å²) in [5, 5.41) is 5.07. The van der Waals surface area contributed by atoms with Crippen molar-refractivity contribution in [1.29, 1.82) is 0 Å². The van der Waals surface area contributed by atoms with Gasteiger partial charge >= 0.3 is 0 Å². The van der Waals surface area contributed by atoms with Crippen molar-refractivity contribution in [2.45, 2.75) is 20.0 Å². The van der Waals surface area contributed by atoms with Crippen molar-refractivity contribution >= 4 is 32.8 Å². The Kier molecular flexibility index (Phi) is 6.76. The number of rotatable bonds is 8. The predicted octanol–water partition coefficient (Wildman–Crippen LogP) is 4.78. The first kappa shape index (κ1) is 22.6. The highest BCUT2D eigenvalue weighted by Gasteiger charge is 2.13. The van der Waals surface area contributed by atoms with Gasteiger partial charge < -0.3 is 5.32 Å². The van der Waals surface area contributed by atoms with Crippen molar-refractivity contribution in [3.05, 3.63) is 107 Å². The number of halogens is 1. The second-order valence-electron chi connectivity index (χ2n) is 7.48. The number of hydrogen-bond acceptors (Lipinski definition) is 5. The van der Waals surface area contributed by atoms with E-state index in [-0.39, 0.29) is 18.9 Å². The molecule has 0 amide bonds. The Morgan fingerprint density at radius 3 is 2.45 bits per heavy atom. The molecule has 4 rings (SSSR count). The molecule has 1 aromatic heterocycles. The lowest BCUT2D eigenvalue weighted by Crippen LogP contribution is -2.22. The van der Waals surface area contributed by atoms with Crippen LogP contribution in [0.4, 0.5) is 10.2 Å². The van der Waals surface area contributed by atoms with Gasteiger partial charge in [0, 0.05) is 22.9 Å². The summed E-state index contributed by atoms with van der Waals surface area (Å²) in [5.74, 6) is 0.517. The summed E-state index contributed by atoms with van der Waals surface area (Å²) in [4.78, 5) is 9.07. The van der Waals surface area contributed by atoms with Gasteiger partial charge in [-0.15, -0.1) is 0 Å². The van der Waals surface area contributed by atoms with Gasteiger partial charge in [0.2, 0.25) is 10.0 Å². The van der Waals surface area contributed by atoms with Gasteiger partial charge in [0.25, 0.3) is 0 Å². The first-order valence-corrected chi connectivity index (χ1v) is 11.9. The lowest BCUT2D eigenvalue weighted by atomic mass is 10.1. The van der Waals surface area contributed by atoms with Gasteiger partial charge in [-0.25, -0.2) is 27.5 Å². The molecule has 0 unspecified atom stereocenters. The summed E-state index contributed by atoms with van der Waals surface area (Å²) in [7, 11) is -3.70. The minimum Gasteiger partial charge on any atom is -0.365 e. The zero-order valence-electron chi connectivity index (χ0n) is 18.0. The number of hydrogen-bond donors (Lipinski definition) is 2. The first-order valence-electron chi connectivity index (χ1n) is 10.4. The normalized spacial score (nSPS) is 11.8. The fourth-order valence-electron chi connectivity index (χ4n) is 3.32. The number of sulfonamides is 1. The largest absolute Gasteiger partial charge is 0.365 e. The summed E-state index contributed by atoms with van der Waals surface area (Å²) in [5.41, 5.74) is 2.92. The molecule has 0 saturated carbocycles. The molecule has 0 radical (unpaired) electrons. The Morgan fingerprint density at radius 2 is 1.67 bits per heavy atom. The highest BCUT2D eigenvalue weighted by molar-refractivity contribution is 7.92. The molecular weight excluding hydrogens is 439 g/mol. The van der Waals surface area contributed by atoms with Crippen molar-refractivity contribution in [3.63, 3.8) is 0 Å². The maximum absolute atomic E-state index is 14.0. The number of benzene rings is 3. The van der Waals surface area contributed by atoms with E-state index < -0.39 is 10.0 Å². The van der Waals surface area contributed by atoms with Crippen LogP contribution in [0.2, 0.25) is 0 Å². The monoisotopic (exact) mass is 462 g/mol. The zero-order valence-corrected chi connectivity index (χ0v) is 18.8. The Balaban J connectivity index is 1.57. The molecule has 2 N–H and O–H groups in total. The smallest absolute Gasteiger partial charge is 0.234 e. The van der Waals surface area contributed by atoms with Gasteiger partial charge in [-0.05, 0) is 36.3 Å². The number of aryl methyl sites for hydroxylation is 1. The van der Waals surface area contributed by atoms with Crippen molar-refractivity contribution in [1.82, 2.24) is 14.7 Å². The van der Waals surface area contributed by atoms with Gasteiger partial charge in [0.05, 0.1) is 12.1 Å². The van der Waals surface area contributed by atoms with E-state index in [1.54, 1.807) is 18.2 Å². The second-order valence-corrected chi connectivity index (χ2v) is 9.13. The van der Waals surface area contributed by atoms with E-state index >= 15 is 0 Å². The van der Waals surface area contributed by atoms with Crippen LogP contribution >= 0.6 is 0 Å². The van der Waals surface area contributed by atoms with Crippen LogP contribution in [0.5, 0.6) is 0 Å². The number of nitrogens with zero attached hydrogens (tertiary/aromatic N) is 2. The molecule has 0 spiro atoms. The van der Waals surface area contributed by atoms with E-state index in [4.69, 9.17) is 0 Å². The molecular formula is C25H23FN4O2S. The summed E-state index contributed by atoms with van der Waals surface area (Å²) < 4.78 is 41.4. The molecule has 1 heterocycles. The highest BCUT2D eigenvalue weighted by atomic mass is 32.2. The number of nitrogens with one attached hydrogen (secondary N) is 2. The minimum atomic E-state index is -3.70. The van der Waals surface area contributed by atoms with Crippen LogP contribution in [0.25, 0.3) is 17.0 Å². The fourth-order valence-corrected chi connectivity index (χ4v) is 4.08. The van der Waals surface area contributed by atoms with Crippen molar-refractivity contribution in [2.75, 3.05) is 5.32 Å². The maximum Gasteiger partial charge on any atom is 0.234 e. The molecule has 0 aliphatic heterocycles. The third-order valence-electron chi connectivity index (χ3n) is 5.05. The van der Waals surface area contributed by atoms with Crippen LogP contribution in [0, 0.1) is 12.7 Å². The number of para-hydroxylation sites is 1. The molecule has 6 nitrogen and oxygen atoms in total. The molecule has 0 atom stereocenters. The summed E-state index contributed by atoms with van der Waals surface area (Å²) in [6.45, 7) is 2.07. The minimum absolute atomic E-state index is 0.0832. The van der Waals surface area contributed by atoms with Gasteiger partial charge in [0.15, 0.2) is 0 Å². The van der Waals surface area contributed by atoms with Gasteiger partial charge in [0.1, 0.15) is 17.5 Å². The topological polar surface area (TPSA) is 84.0 Å². The third kappa shape index (κ3) is 5.79. The number of anilines is 1. The van der Waals surface area contributed by atoms with E-state index in [9.17, 15) is 12.8 Å². The molecule has 168 valence electrons. The molecule has 3 aromatic carbocycles. The first-order chi connectivity index (χ1) is 15.9. The Bertz CT molecular complexity index is 1410. The summed E-state index contributed by atoms with van der Waals surface area (Å²) in [6.07, 6.45) is 1.52. The average Bonchev–Trinajstić information content (AvgIpc) is 2.82. The summed E-state index contributed by atoms with van der Waals surface area (Å²) in [6, 6.07) is 21.4. The van der Waals surface area contributed by atoms with Gasteiger partial charge in [-0.1, -0.05) is 60.7 Å². The highest BCUT2D eigenvalue weighted by Crippen LogP contribution is 2.24. The fraction of sp³-hybridized carbons (Fsp3) is 0.120. The van der Waals surface area contributed by atoms with E-state index in [1.807, 2.05) is 55.5 Å². The number of aromatic nitrogens is 2. The molecule has 33 heavy (non-hydrogen) atoms. The molecule has 0 fully saturated rings. The van der Waals surface area contributed by atoms with Crippen LogP contribution in [0.15, 0.2) is 78.2 Å². The molecule has 8 heteroatoms. The van der Waals surface area contributed by atoms with Gasteiger partial charge in [-0.2, -0.15) is 0 Å². The summed E-state index contributed by atoms with van der Waals surface area (Å²) >= 11 is 0. The average molecular weight is 463 g/mol. The molecule has 0 aliphatic rings. The lowest BCUT2D eigenvalue weighted by Gasteiger charge is -2.13. The van der Waals surface area contributed by atoms with Crippen molar-refractivity contribution < 1.29 is 12.8 Å². The zero-order chi connectivity index (χ0) is 23.3. The SMILES string of the molecule is Cc1cccc2c(NCc3ccccc3F)nc(CNS(=O)(=O)/C=C/c3ccccc3)nc12. The Hall–Kier alpha value is -3.62. The van der Waals surface area contributed by atoms with Crippen LogP contribution in [-0.2, 0) is 23.1 Å². The van der Waals surface area contributed by atoms with Crippen LogP contribution in [-0.4, -0.2) is 18.4 Å². The van der Waals surface area contributed by atoms with Crippen molar-refractivity contribution in [3.8, 4) is 0 Å². The number of fused-ring (bicyclic) bond motifs is 1. The lowest BCUT2D eigenvalue weighted by molar-refractivity contribution is 0.589. The van der Waals surface area contributed by atoms with E-state index in [1.165, 1.54) is 12.1 Å². The molecule has 0 bridgehead atoms. The quantitative estimate of drug-likeness (QED) is 0.394. The van der Waals surface area contributed by atoms with E-state index in [0.717, 1.165) is 21.9 Å². The molecule has 0 saturated heterocycles. The Morgan fingerprint density at radius 1 is 0.909 bits per heavy atom. The maximum atomic E-state index is 14.0. The molecule has 4 aromatic rings. The van der Waals surface area contributed by atoms with Crippen LogP contribution < -0.4 is 10.0 Å². The van der Waals surface area contributed by atoms with E-state index in [2.05, 4.69) is 20.0 Å². The standard InChI is InChI=1S/C25H23FN4O2S/c1-18-8-7-12-21-24(18)29-23(30-25(21)27-16-20-11-5-6-13-22(20)26)17-28-33(31,32)15-14-19-9-3-2-4-10-19/h2-15,28H,16-17H2,1H3,(H,27,29,30)/b15-14+. The Labute approximate surface area is 192 Å². The van der Waals surface area contributed by atoms with Gasteiger partial charge in [-0.3, -0.25) is 0 Å². The second kappa shape index (κ2) is 9.89. The van der Waals surface area contributed by atoms with Crippen LogP contribution in [0.3, 0.4) is 0 Å². The van der Waals surface area contributed by atoms with E-state index in [0.29, 0.717) is 22.7 Å².